The number of ether oxygens (including phenoxy) is 1. The fourth-order valence-electron chi connectivity index (χ4n) is 2.32. The van der Waals surface area contributed by atoms with Gasteiger partial charge in [-0.25, -0.2) is 0 Å². The van der Waals surface area contributed by atoms with E-state index in [1.54, 1.807) is 67.6 Å². The van der Waals surface area contributed by atoms with Crippen molar-refractivity contribution in [3.8, 4) is 0 Å². The van der Waals surface area contributed by atoms with Crippen LogP contribution in [0.2, 0.25) is 0 Å². The Morgan fingerprint density at radius 2 is 1.41 bits per heavy atom. The molecule has 22 heavy (non-hydrogen) atoms. The van der Waals surface area contributed by atoms with Crippen LogP contribution in [0.4, 0.5) is 0 Å². The standard InChI is InChI=1S/C18H18O4/c1-2-22-17(20)13-16(19)18(21,14-9-5-3-6-10-14)15-11-7-4-8-12-15/h3-12,21H,2,13H2,1H3. The van der Waals surface area contributed by atoms with E-state index in [0.717, 1.165) is 0 Å². The first-order valence-electron chi connectivity index (χ1n) is 7.11. The van der Waals surface area contributed by atoms with Gasteiger partial charge in [0.25, 0.3) is 0 Å². The van der Waals surface area contributed by atoms with E-state index >= 15 is 0 Å². The van der Waals surface area contributed by atoms with Crippen LogP contribution in [0, 0.1) is 0 Å². The molecule has 114 valence electrons. The molecule has 0 aliphatic heterocycles. The lowest BCUT2D eigenvalue weighted by Gasteiger charge is -2.27. The van der Waals surface area contributed by atoms with Crippen LogP contribution in [0.15, 0.2) is 60.7 Å². The van der Waals surface area contributed by atoms with Crippen LogP contribution in [-0.2, 0) is 19.9 Å². The highest BCUT2D eigenvalue weighted by atomic mass is 16.5. The molecule has 1 N–H and O–H groups in total. The molecule has 0 atom stereocenters. The zero-order valence-corrected chi connectivity index (χ0v) is 12.4. The van der Waals surface area contributed by atoms with Crippen molar-refractivity contribution in [2.24, 2.45) is 0 Å². The molecule has 0 aromatic heterocycles. The Labute approximate surface area is 129 Å². The van der Waals surface area contributed by atoms with Crippen molar-refractivity contribution in [3.63, 3.8) is 0 Å². The average Bonchev–Trinajstić information content (AvgIpc) is 2.55. The van der Waals surface area contributed by atoms with Crippen LogP contribution in [0.1, 0.15) is 24.5 Å². The highest BCUT2D eigenvalue weighted by Gasteiger charge is 2.40. The molecule has 0 saturated heterocycles. The van der Waals surface area contributed by atoms with Gasteiger partial charge in [0.05, 0.1) is 6.61 Å². The number of hydrogen-bond donors (Lipinski definition) is 1. The summed E-state index contributed by atoms with van der Waals surface area (Å²) < 4.78 is 4.81. The molecular weight excluding hydrogens is 280 g/mol. The van der Waals surface area contributed by atoms with Gasteiger partial charge in [0.2, 0.25) is 0 Å². The van der Waals surface area contributed by atoms with Crippen molar-refractivity contribution in [2.45, 2.75) is 18.9 Å². The van der Waals surface area contributed by atoms with E-state index in [1.807, 2.05) is 0 Å². The van der Waals surface area contributed by atoms with Gasteiger partial charge in [-0.05, 0) is 18.1 Å². The molecule has 0 amide bonds. The predicted octanol–water partition coefficient (Wildman–Crippen LogP) is 2.44. The van der Waals surface area contributed by atoms with Crippen molar-refractivity contribution in [1.82, 2.24) is 0 Å². The maximum Gasteiger partial charge on any atom is 0.313 e. The number of hydrogen-bond acceptors (Lipinski definition) is 4. The predicted molar refractivity (Wildman–Crippen MR) is 82.1 cm³/mol. The van der Waals surface area contributed by atoms with Crippen LogP contribution >= 0.6 is 0 Å². The van der Waals surface area contributed by atoms with E-state index in [4.69, 9.17) is 4.74 Å². The van der Waals surface area contributed by atoms with Gasteiger partial charge in [-0.15, -0.1) is 0 Å². The quantitative estimate of drug-likeness (QED) is 0.657. The van der Waals surface area contributed by atoms with Crippen molar-refractivity contribution in [1.29, 1.82) is 0 Å². The number of ketones is 1. The molecule has 0 aliphatic rings. The van der Waals surface area contributed by atoms with Gasteiger partial charge in [-0.1, -0.05) is 60.7 Å². The second-order valence-electron chi connectivity index (χ2n) is 4.85. The summed E-state index contributed by atoms with van der Waals surface area (Å²) in [5.74, 6) is -1.25. The molecule has 0 radical (unpaired) electrons. The third kappa shape index (κ3) is 3.23. The normalized spacial score (nSPS) is 11.0. The molecule has 0 saturated carbocycles. The van der Waals surface area contributed by atoms with Crippen molar-refractivity contribution < 1.29 is 19.4 Å². The number of esters is 1. The zero-order chi connectivity index (χ0) is 16.0. The summed E-state index contributed by atoms with van der Waals surface area (Å²) in [4.78, 5) is 24.2. The highest BCUT2D eigenvalue weighted by Crippen LogP contribution is 2.31. The van der Waals surface area contributed by atoms with Crippen LogP contribution in [-0.4, -0.2) is 23.5 Å². The molecule has 0 bridgehead atoms. The molecular formula is C18H18O4. The van der Waals surface area contributed by atoms with Crippen LogP contribution < -0.4 is 0 Å². The lowest BCUT2D eigenvalue weighted by molar-refractivity contribution is -0.149. The molecule has 2 aromatic carbocycles. The van der Waals surface area contributed by atoms with Gasteiger partial charge >= 0.3 is 5.97 Å². The molecule has 2 rings (SSSR count). The summed E-state index contributed by atoms with van der Waals surface area (Å²) >= 11 is 0. The number of carbonyl (C=O) groups excluding carboxylic acids is 2. The Bertz CT molecular complexity index is 595. The van der Waals surface area contributed by atoms with E-state index in [-0.39, 0.29) is 6.61 Å². The highest BCUT2D eigenvalue weighted by molar-refractivity contribution is 6.02. The van der Waals surface area contributed by atoms with E-state index in [2.05, 4.69) is 0 Å². The lowest BCUT2D eigenvalue weighted by Crippen LogP contribution is -2.38. The fourth-order valence-corrected chi connectivity index (χ4v) is 2.32. The van der Waals surface area contributed by atoms with E-state index in [1.165, 1.54) is 0 Å². The number of rotatable bonds is 6. The monoisotopic (exact) mass is 298 g/mol. The molecule has 0 unspecified atom stereocenters. The van der Waals surface area contributed by atoms with Gasteiger partial charge in [0.1, 0.15) is 6.42 Å². The Morgan fingerprint density at radius 1 is 0.955 bits per heavy atom. The SMILES string of the molecule is CCOC(=O)CC(=O)C(O)(c1ccccc1)c1ccccc1. The molecule has 4 nitrogen and oxygen atoms in total. The Morgan fingerprint density at radius 3 is 1.82 bits per heavy atom. The smallest absolute Gasteiger partial charge is 0.313 e. The molecule has 0 aliphatic carbocycles. The molecule has 4 heteroatoms. The third-order valence-electron chi connectivity index (χ3n) is 3.40. The van der Waals surface area contributed by atoms with Crippen LogP contribution in [0.25, 0.3) is 0 Å². The largest absolute Gasteiger partial charge is 0.466 e. The summed E-state index contributed by atoms with van der Waals surface area (Å²) in [7, 11) is 0. The summed E-state index contributed by atoms with van der Waals surface area (Å²) in [6.45, 7) is 1.87. The van der Waals surface area contributed by atoms with Crippen LogP contribution in [0.3, 0.4) is 0 Å². The molecule has 0 spiro atoms. The van der Waals surface area contributed by atoms with Gasteiger partial charge < -0.3 is 9.84 Å². The zero-order valence-electron chi connectivity index (χ0n) is 12.4. The second kappa shape index (κ2) is 7.00. The van der Waals surface area contributed by atoms with Crippen molar-refractivity contribution in [2.75, 3.05) is 6.61 Å². The summed E-state index contributed by atoms with van der Waals surface area (Å²) in [6, 6.07) is 17.2. The van der Waals surface area contributed by atoms with Gasteiger partial charge in [0, 0.05) is 0 Å². The van der Waals surface area contributed by atoms with Crippen molar-refractivity contribution in [3.05, 3.63) is 71.8 Å². The number of aliphatic hydroxyl groups is 1. The molecule has 0 heterocycles. The van der Waals surface area contributed by atoms with Gasteiger partial charge in [0.15, 0.2) is 11.4 Å². The number of benzene rings is 2. The Kier molecular flexibility index (Phi) is 5.07. The van der Waals surface area contributed by atoms with E-state index < -0.39 is 23.8 Å². The minimum atomic E-state index is -1.87. The van der Waals surface area contributed by atoms with Crippen LogP contribution in [0.5, 0.6) is 0 Å². The Balaban J connectivity index is 2.43. The van der Waals surface area contributed by atoms with E-state index in [0.29, 0.717) is 11.1 Å². The maximum atomic E-state index is 12.6. The topological polar surface area (TPSA) is 63.6 Å². The van der Waals surface area contributed by atoms with E-state index in [9.17, 15) is 14.7 Å². The molecule has 2 aromatic rings. The summed E-state index contributed by atoms with van der Waals surface area (Å²) in [5.41, 5.74) is -1.01. The van der Waals surface area contributed by atoms with Gasteiger partial charge in [-0.3, -0.25) is 9.59 Å². The molecule has 0 fully saturated rings. The minimum Gasteiger partial charge on any atom is -0.466 e. The number of Topliss-reactive ketones (excluding diaryl/α,β-unsaturated/α-hetero) is 1. The third-order valence-corrected chi connectivity index (χ3v) is 3.40. The summed E-state index contributed by atoms with van der Waals surface area (Å²) in [6.07, 6.45) is -0.478. The fraction of sp³-hybridized carbons (Fsp3) is 0.222. The Hall–Kier alpha value is -2.46. The van der Waals surface area contributed by atoms with Gasteiger partial charge in [-0.2, -0.15) is 0 Å². The minimum absolute atomic E-state index is 0.196. The average molecular weight is 298 g/mol. The second-order valence-corrected chi connectivity index (χ2v) is 4.85. The summed E-state index contributed by atoms with van der Waals surface area (Å²) in [5, 5.41) is 11.1. The maximum absolute atomic E-state index is 12.6. The van der Waals surface area contributed by atoms with Crippen molar-refractivity contribution >= 4 is 11.8 Å². The first kappa shape index (κ1) is 15.9. The number of carbonyl (C=O) groups is 2. The first-order chi connectivity index (χ1) is 10.6. The first-order valence-corrected chi connectivity index (χ1v) is 7.11. The lowest BCUT2D eigenvalue weighted by atomic mass is 9.81.